The number of benzene rings is 3. The third kappa shape index (κ3) is 3.21. The van der Waals surface area contributed by atoms with Gasteiger partial charge in [0.2, 0.25) is 0 Å². The Morgan fingerprint density at radius 1 is 0.889 bits per heavy atom. The number of aromatic nitrogens is 1. The molecule has 0 aliphatic rings. The molecule has 1 aromatic heterocycles. The Kier molecular flexibility index (Phi) is 4.24. The van der Waals surface area contributed by atoms with Crippen molar-refractivity contribution in [1.29, 1.82) is 0 Å². The van der Waals surface area contributed by atoms with Gasteiger partial charge in [-0.15, -0.1) is 0 Å². The Morgan fingerprint density at radius 2 is 1.63 bits per heavy atom. The zero-order valence-corrected chi connectivity index (χ0v) is 17.3. The summed E-state index contributed by atoms with van der Waals surface area (Å²) in [6, 6.07) is 19.3. The fourth-order valence-electron chi connectivity index (χ4n) is 3.93. The standard InChI is InChI=1S/C25H24ClN/c1-15-10-16(2)24-21(26)14-22(27-23(24)11-15)18-12-17-8-6-7-9-19(17)20(13-18)25(3,4)5/h6-14H,1-5H3. The van der Waals surface area contributed by atoms with Crippen molar-refractivity contribution in [3.05, 3.63) is 76.3 Å². The van der Waals surface area contributed by atoms with Crippen molar-refractivity contribution >= 4 is 33.3 Å². The first-order valence-electron chi connectivity index (χ1n) is 9.35. The van der Waals surface area contributed by atoms with Crippen LogP contribution in [0.25, 0.3) is 32.9 Å². The minimum absolute atomic E-state index is 0.0451. The van der Waals surface area contributed by atoms with E-state index in [9.17, 15) is 0 Å². The SMILES string of the molecule is Cc1cc(C)c2c(Cl)cc(-c3cc(C(C)(C)C)c4ccccc4c3)nc2c1. The van der Waals surface area contributed by atoms with Crippen LogP contribution in [0.3, 0.4) is 0 Å². The zero-order valence-electron chi connectivity index (χ0n) is 16.5. The maximum absolute atomic E-state index is 6.68. The predicted octanol–water partition coefficient (Wildman–Crippen LogP) is 7.62. The lowest BCUT2D eigenvalue weighted by Gasteiger charge is -2.23. The van der Waals surface area contributed by atoms with Gasteiger partial charge in [-0.25, -0.2) is 4.98 Å². The Bertz CT molecular complexity index is 1180. The van der Waals surface area contributed by atoms with Crippen molar-refractivity contribution in [3.8, 4) is 11.3 Å². The van der Waals surface area contributed by atoms with Gasteiger partial charge in [0.25, 0.3) is 0 Å². The normalized spacial score (nSPS) is 12.1. The molecule has 0 fully saturated rings. The van der Waals surface area contributed by atoms with Crippen LogP contribution in [-0.2, 0) is 5.41 Å². The maximum atomic E-state index is 6.68. The van der Waals surface area contributed by atoms with E-state index >= 15 is 0 Å². The molecule has 1 heterocycles. The fraction of sp³-hybridized carbons (Fsp3) is 0.240. The summed E-state index contributed by atoms with van der Waals surface area (Å²) >= 11 is 6.68. The van der Waals surface area contributed by atoms with Crippen LogP contribution in [0, 0.1) is 13.8 Å². The number of halogens is 1. The molecule has 0 saturated heterocycles. The summed E-state index contributed by atoms with van der Waals surface area (Å²) in [5, 5.41) is 4.34. The van der Waals surface area contributed by atoms with Crippen molar-refractivity contribution in [2.24, 2.45) is 0 Å². The van der Waals surface area contributed by atoms with Gasteiger partial charge in [-0.3, -0.25) is 0 Å². The average molecular weight is 374 g/mol. The number of fused-ring (bicyclic) bond motifs is 2. The Balaban J connectivity index is 2.03. The minimum atomic E-state index is 0.0451. The molecule has 0 radical (unpaired) electrons. The van der Waals surface area contributed by atoms with Crippen molar-refractivity contribution in [2.45, 2.75) is 40.0 Å². The zero-order chi connectivity index (χ0) is 19.3. The second kappa shape index (κ2) is 6.35. The van der Waals surface area contributed by atoms with Gasteiger partial charge in [-0.1, -0.05) is 62.7 Å². The minimum Gasteiger partial charge on any atom is -0.248 e. The second-order valence-electron chi connectivity index (χ2n) is 8.46. The van der Waals surface area contributed by atoms with Crippen molar-refractivity contribution in [2.75, 3.05) is 0 Å². The third-order valence-electron chi connectivity index (χ3n) is 5.17. The van der Waals surface area contributed by atoms with Gasteiger partial charge in [0.15, 0.2) is 0 Å². The molecule has 0 saturated carbocycles. The van der Waals surface area contributed by atoms with E-state index in [0.717, 1.165) is 27.2 Å². The van der Waals surface area contributed by atoms with Crippen LogP contribution in [0.15, 0.2) is 54.6 Å². The number of rotatable bonds is 1. The van der Waals surface area contributed by atoms with Crippen molar-refractivity contribution in [3.63, 3.8) is 0 Å². The van der Waals surface area contributed by atoms with Crippen LogP contribution in [0.5, 0.6) is 0 Å². The summed E-state index contributed by atoms with van der Waals surface area (Å²) in [7, 11) is 0. The molecular weight excluding hydrogens is 350 g/mol. The molecule has 0 unspecified atom stereocenters. The monoisotopic (exact) mass is 373 g/mol. The quantitative estimate of drug-likeness (QED) is 0.334. The largest absolute Gasteiger partial charge is 0.248 e. The molecule has 0 atom stereocenters. The van der Waals surface area contributed by atoms with E-state index in [1.165, 1.54) is 27.5 Å². The van der Waals surface area contributed by atoms with E-state index in [4.69, 9.17) is 16.6 Å². The maximum Gasteiger partial charge on any atom is 0.0729 e. The van der Waals surface area contributed by atoms with Gasteiger partial charge >= 0.3 is 0 Å². The lowest BCUT2D eigenvalue weighted by Crippen LogP contribution is -2.12. The summed E-state index contributed by atoms with van der Waals surface area (Å²) in [6.07, 6.45) is 0. The first-order valence-corrected chi connectivity index (χ1v) is 9.73. The van der Waals surface area contributed by atoms with E-state index in [1.807, 2.05) is 6.07 Å². The number of nitrogens with zero attached hydrogens (tertiary/aromatic N) is 1. The highest BCUT2D eigenvalue weighted by atomic mass is 35.5. The summed E-state index contributed by atoms with van der Waals surface area (Å²) in [5.74, 6) is 0. The molecule has 0 aliphatic carbocycles. The molecule has 3 aromatic carbocycles. The van der Waals surface area contributed by atoms with E-state index in [0.29, 0.717) is 0 Å². The lowest BCUT2D eigenvalue weighted by molar-refractivity contribution is 0.596. The highest BCUT2D eigenvalue weighted by Gasteiger charge is 2.19. The van der Waals surface area contributed by atoms with Gasteiger partial charge in [-0.05, 0) is 71.0 Å². The summed E-state index contributed by atoms with van der Waals surface area (Å²) in [6.45, 7) is 11.0. The van der Waals surface area contributed by atoms with Crippen LogP contribution in [0.1, 0.15) is 37.5 Å². The molecule has 0 amide bonds. The Hall–Kier alpha value is -2.38. The molecule has 4 rings (SSSR count). The highest BCUT2D eigenvalue weighted by molar-refractivity contribution is 6.36. The van der Waals surface area contributed by atoms with Crippen LogP contribution in [0.4, 0.5) is 0 Å². The Morgan fingerprint density at radius 3 is 2.37 bits per heavy atom. The van der Waals surface area contributed by atoms with Crippen molar-refractivity contribution in [1.82, 2.24) is 4.98 Å². The smallest absolute Gasteiger partial charge is 0.0729 e. The third-order valence-corrected chi connectivity index (χ3v) is 5.47. The summed E-state index contributed by atoms with van der Waals surface area (Å²) < 4.78 is 0. The van der Waals surface area contributed by atoms with E-state index in [2.05, 4.69) is 83.1 Å². The molecular formula is C25H24ClN. The van der Waals surface area contributed by atoms with Gasteiger partial charge in [0, 0.05) is 10.9 Å². The van der Waals surface area contributed by atoms with Crippen LogP contribution < -0.4 is 0 Å². The van der Waals surface area contributed by atoms with Gasteiger partial charge < -0.3 is 0 Å². The average Bonchev–Trinajstić information content (AvgIpc) is 2.58. The van der Waals surface area contributed by atoms with Gasteiger partial charge in [-0.2, -0.15) is 0 Å². The van der Waals surface area contributed by atoms with Crippen LogP contribution in [-0.4, -0.2) is 4.98 Å². The van der Waals surface area contributed by atoms with E-state index in [-0.39, 0.29) is 5.41 Å². The molecule has 1 nitrogen and oxygen atoms in total. The first-order chi connectivity index (χ1) is 12.7. The van der Waals surface area contributed by atoms with Gasteiger partial charge in [0.1, 0.15) is 0 Å². The first kappa shape index (κ1) is 18.0. The summed E-state index contributed by atoms with van der Waals surface area (Å²) in [5.41, 5.74) is 6.74. The number of hydrogen-bond donors (Lipinski definition) is 0. The molecule has 4 aromatic rings. The number of hydrogen-bond acceptors (Lipinski definition) is 1. The predicted molar refractivity (Wildman–Crippen MR) is 118 cm³/mol. The summed E-state index contributed by atoms with van der Waals surface area (Å²) in [4.78, 5) is 4.97. The number of aryl methyl sites for hydroxylation is 2. The van der Waals surface area contributed by atoms with E-state index < -0.39 is 0 Å². The fourth-order valence-corrected chi connectivity index (χ4v) is 4.27. The lowest BCUT2D eigenvalue weighted by atomic mass is 9.82. The topological polar surface area (TPSA) is 12.9 Å². The molecule has 0 bridgehead atoms. The second-order valence-corrected chi connectivity index (χ2v) is 8.87. The highest BCUT2D eigenvalue weighted by Crippen LogP contribution is 2.36. The van der Waals surface area contributed by atoms with Gasteiger partial charge in [0.05, 0.1) is 16.2 Å². The molecule has 0 spiro atoms. The molecule has 136 valence electrons. The van der Waals surface area contributed by atoms with Crippen LogP contribution in [0.2, 0.25) is 5.02 Å². The number of pyridine rings is 1. The molecule has 0 aliphatic heterocycles. The van der Waals surface area contributed by atoms with E-state index in [1.54, 1.807) is 0 Å². The Labute approximate surface area is 166 Å². The van der Waals surface area contributed by atoms with Crippen LogP contribution >= 0.6 is 11.6 Å². The molecule has 2 heteroatoms. The molecule has 27 heavy (non-hydrogen) atoms. The van der Waals surface area contributed by atoms with Crippen molar-refractivity contribution < 1.29 is 0 Å². The molecule has 0 N–H and O–H groups in total.